The van der Waals surface area contributed by atoms with E-state index in [-0.39, 0.29) is 11.9 Å². The van der Waals surface area contributed by atoms with Crippen LogP contribution in [0.2, 0.25) is 0 Å². The van der Waals surface area contributed by atoms with E-state index in [0.717, 1.165) is 12.5 Å². The van der Waals surface area contributed by atoms with E-state index in [1.165, 1.54) is 12.8 Å². The SMILES string of the molecule is C[C@@H](N)C(=O)NCC1CC1. The van der Waals surface area contributed by atoms with E-state index in [2.05, 4.69) is 5.32 Å². The second-order valence-corrected chi connectivity index (χ2v) is 2.98. The molecule has 1 rings (SSSR count). The lowest BCUT2D eigenvalue weighted by atomic mass is 10.3. The second-order valence-electron chi connectivity index (χ2n) is 2.98. The molecule has 0 unspecified atom stereocenters. The van der Waals surface area contributed by atoms with Gasteiger partial charge < -0.3 is 11.1 Å². The molecule has 10 heavy (non-hydrogen) atoms. The van der Waals surface area contributed by atoms with Gasteiger partial charge in [0.15, 0.2) is 0 Å². The number of hydrogen-bond donors (Lipinski definition) is 2. The zero-order valence-corrected chi connectivity index (χ0v) is 6.26. The first-order chi connectivity index (χ1) is 4.70. The van der Waals surface area contributed by atoms with Crippen LogP contribution in [0.5, 0.6) is 0 Å². The minimum atomic E-state index is -0.362. The van der Waals surface area contributed by atoms with Crippen LogP contribution in [0.3, 0.4) is 0 Å². The zero-order chi connectivity index (χ0) is 7.56. The summed E-state index contributed by atoms with van der Waals surface area (Å²) in [7, 11) is 0. The summed E-state index contributed by atoms with van der Waals surface area (Å²) >= 11 is 0. The number of amides is 1. The van der Waals surface area contributed by atoms with Gasteiger partial charge in [-0.15, -0.1) is 0 Å². The molecule has 1 amide bonds. The molecule has 3 heteroatoms. The summed E-state index contributed by atoms with van der Waals surface area (Å²) in [5, 5.41) is 2.78. The van der Waals surface area contributed by atoms with Crippen molar-refractivity contribution in [1.29, 1.82) is 0 Å². The van der Waals surface area contributed by atoms with Crippen molar-refractivity contribution in [3.05, 3.63) is 0 Å². The molecular weight excluding hydrogens is 128 g/mol. The van der Waals surface area contributed by atoms with Gasteiger partial charge in [-0.1, -0.05) is 0 Å². The Kier molecular flexibility index (Phi) is 2.27. The van der Waals surface area contributed by atoms with Crippen molar-refractivity contribution in [3.63, 3.8) is 0 Å². The third-order valence-electron chi connectivity index (χ3n) is 1.68. The maximum absolute atomic E-state index is 10.8. The highest BCUT2D eigenvalue weighted by atomic mass is 16.2. The molecule has 0 aromatic heterocycles. The Morgan fingerprint density at radius 1 is 1.80 bits per heavy atom. The molecule has 0 heterocycles. The minimum absolute atomic E-state index is 0.0353. The Morgan fingerprint density at radius 3 is 2.80 bits per heavy atom. The average Bonchev–Trinajstić information content (AvgIpc) is 2.64. The monoisotopic (exact) mass is 142 g/mol. The van der Waals surface area contributed by atoms with Crippen LogP contribution in [-0.2, 0) is 4.79 Å². The van der Waals surface area contributed by atoms with Gasteiger partial charge in [-0.25, -0.2) is 0 Å². The standard InChI is InChI=1S/C7H14N2O/c1-5(8)7(10)9-4-6-2-3-6/h5-6H,2-4,8H2,1H3,(H,9,10)/t5-/m1/s1. The lowest BCUT2D eigenvalue weighted by Crippen LogP contribution is -2.39. The third-order valence-corrected chi connectivity index (χ3v) is 1.68. The Labute approximate surface area is 61.0 Å². The van der Waals surface area contributed by atoms with Crippen LogP contribution in [0.4, 0.5) is 0 Å². The topological polar surface area (TPSA) is 55.1 Å². The average molecular weight is 142 g/mol. The third kappa shape index (κ3) is 2.35. The lowest BCUT2D eigenvalue weighted by Gasteiger charge is -2.05. The fraction of sp³-hybridized carbons (Fsp3) is 0.857. The first kappa shape index (κ1) is 7.54. The first-order valence-corrected chi connectivity index (χ1v) is 3.73. The van der Waals surface area contributed by atoms with Crippen molar-refractivity contribution < 1.29 is 4.79 Å². The highest BCUT2D eigenvalue weighted by Gasteiger charge is 2.21. The number of hydrogen-bond acceptors (Lipinski definition) is 2. The van der Waals surface area contributed by atoms with E-state index in [4.69, 9.17) is 5.73 Å². The fourth-order valence-corrected chi connectivity index (χ4v) is 0.728. The molecule has 0 spiro atoms. The highest BCUT2D eigenvalue weighted by molar-refractivity contribution is 5.80. The summed E-state index contributed by atoms with van der Waals surface area (Å²) in [6.45, 7) is 2.52. The summed E-state index contributed by atoms with van der Waals surface area (Å²) in [4.78, 5) is 10.8. The molecule has 3 N–H and O–H groups in total. The fourth-order valence-electron chi connectivity index (χ4n) is 0.728. The molecule has 0 aromatic carbocycles. The quantitative estimate of drug-likeness (QED) is 0.576. The van der Waals surface area contributed by atoms with Crippen LogP contribution in [0.15, 0.2) is 0 Å². The molecule has 58 valence electrons. The summed E-state index contributed by atoms with van der Waals surface area (Å²) < 4.78 is 0. The van der Waals surface area contributed by atoms with E-state index >= 15 is 0 Å². The van der Waals surface area contributed by atoms with Crippen LogP contribution < -0.4 is 11.1 Å². The molecule has 0 bridgehead atoms. The molecule has 0 aliphatic heterocycles. The predicted molar refractivity (Wildman–Crippen MR) is 39.4 cm³/mol. The molecule has 3 nitrogen and oxygen atoms in total. The molecule has 1 aliphatic rings. The Balaban J connectivity index is 2.05. The number of rotatable bonds is 3. The van der Waals surface area contributed by atoms with Crippen LogP contribution in [-0.4, -0.2) is 18.5 Å². The molecule has 0 saturated heterocycles. The zero-order valence-electron chi connectivity index (χ0n) is 6.26. The van der Waals surface area contributed by atoms with E-state index < -0.39 is 0 Å². The van der Waals surface area contributed by atoms with Gasteiger partial charge in [0.25, 0.3) is 0 Å². The maximum atomic E-state index is 10.8. The van der Waals surface area contributed by atoms with E-state index in [1.54, 1.807) is 6.92 Å². The van der Waals surface area contributed by atoms with Crippen molar-refractivity contribution >= 4 is 5.91 Å². The van der Waals surface area contributed by atoms with Crippen molar-refractivity contribution in [2.45, 2.75) is 25.8 Å². The summed E-state index contributed by atoms with van der Waals surface area (Å²) in [5.41, 5.74) is 5.33. The smallest absolute Gasteiger partial charge is 0.236 e. The number of nitrogens with two attached hydrogens (primary N) is 1. The van der Waals surface area contributed by atoms with Crippen LogP contribution in [0.1, 0.15) is 19.8 Å². The van der Waals surface area contributed by atoms with Crippen molar-refractivity contribution in [2.24, 2.45) is 11.7 Å². The Bertz CT molecular complexity index is 130. The second kappa shape index (κ2) is 3.01. The van der Waals surface area contributed by atoms with Gasteiger partial charge in [0.2, 0.25) is 5.91 Å². The van der Waals surface area contributed by atoms with Crippen molar-refractivity contribution in [2.75, 3.05) is 6.54 Å². The normalized spacial score (nSPS) is 20.2. The maximum Gasteiger partial charge on any atom is 0.236 e. The lowest BCUT2D eigenvalue weighted by molar-refractivity contribution is -0.122. The van der Waals surface area contributed by atoms with Crippen molar-refractivity contribution in [1.82, 2.24) is 5.32 Å². The van der Waals surface area contributed by atoms with Crippen LogP contribution in [0, 0.1) is 5.92 Å². The van der Waals surface area contributed by atoms with Crippen LogP contribution >= 0.6 is 0 Å². The first-order valence-electron chi connectivity index (χ1n) is 3.73. The minimum Gasteiger partial charge on any atom is -0.354 e. The molecule has 1 fully saturated rings. The van der Waals surface area contributed by atoms with Crippen molar-refractivity contribution in [3.8, 4) is 0 Å². The Hall–Kier alpha value is -0.570. The van der Waals surface area contributed by atoms with E-state index in [1.807, 2.05) is 0 Å². The molecule has 0 aromatic rings. The molecule has 1 saturated carbocycles. The van der Waals surface area contributed by atoms with E-state index in [0.29, 0.717) is 0 Å². The number of carbonyl (C=O) groups excluding carboxylic acids is 1. The summed E-state index contributed by atoms with van der Waals surface area (Å²) in [5.74, 6) is 0.703. The summed E-state index contributed by atoms with van der Waals surface area (Å²) in [6, 6.07) is -0.362. The largest absolute Gasteiger partial charge is 0.354 e. The summed E-state index contributed by atoms with van der Waals surface area (Å²) in [6.07, 6.45) is 2.53. The van der Waals surface area contributed by atoms with Gasteiger partial charge in [0.1, 0.15) is 0 Å². The van der Waals surface area contributed by atoms with Gasteiger partial charge in [-0.2, -0.15) is 0 Å². The highest BCUT2D eigenvalue weighted by Crippen LogP contribution is 2.27. The van der Waals surface area contributed by atoms with Gasteiger partial charge in [-0.3, -0.25) is 4.79 Å². The number of nitrogens with one attached hydrogen (secondary N) is 1. The predicted octanol–water partition coefficient (Wildman–Crippen LogP) is -0.140. The van der Waals surface area contributed by atoms with Gasteiger partial charge in [-0.05, 0) is 25.7 Å². The molecule has 1 aliphatic carbocycles. The van der Waals surface area contributed by atoms with Gasteiger partial charge in [0, 0.05) is 6.54 Å². The Morgan fingerprint density at radius 2 is 2.40 bits per heavy atom. The molecule has 1 atom stereocenters. The van der Waals surface area contributed by atoms with Gasteiger partial charge in [0.05, 0.1) is 6.04 Å². The molecular formula is C7H14N2O. The number of carbonyl (C=O) groups is 1. The van der Waals surface area contributed by atoms with Gasteiger partial charge >= 0.3 is 0 Å². The molecule has 0 radical (unpaired) electrons. The van der Waals surface area contributed by atoms with E-state index in [9.17, 15) is 4.79 Å². The van der Waals surface area contributed by atoms with Crippen LogP contribution in [0.25, 0.3) is 0 Å².